The lowest BCUT2D eigenvalue weighted by Gasteiger charge is -2.15. The van der Waals surface area contributed by atoms with Crippen molar-refractivity contribution in [2.45, 2.75) is 39.2 Å². The van der Waals surface area contributed by atoms with Crippen molar-refractivity contribution in [2.75, 3.05) is 6.54 Å². The summed E-state index contributed by atoms with van der Waals surface area (Å²) in [6.45, 7) is 4.55. The molecule has 1 atom stereocenters. The highest BCUT2D eigenvalue weighted by molar-refractivity contribution is 5.92. The minimum Gasteiger partial charge on any atom is -0.347 e. The predicted octanol–water partition coefficient (Wildman–Crippen LogP) is 1.82. The molecular weight excluding hydrogens is 278 g/mol. The number of carbonyl (C=O) groups is 1. The van der Waals surface area contributed by atoms with E-state index in [1.54, 1.807) is 10.9 Å². The molecule has 1 unspecified atom stereocenters. The quantitative estimate of drug-likeness (QED) is 0.817. The van der Waals surface area contributed by atoms with Gasteiger partial charge in [0.1, 0.15) is 0 Å². The predicted molar refractivity (Wildman–Crippen MR) is 85.9 cm³/mol. The Hall–Kier alpha value is -2.21. The van der Waals surface area contributed by atoms with E-state index in [1.165, 1.54) is 0 Å². The molecule has 0 saturated carbocycles. The molecule has 1 aromatic carbocycles. The van der Waals surface area contributed by atoms with Crippen LogP contribution in [0.1, 0.15) is 42.2 Å². The zero-order chi connectivity index (χ0) is 15.9. The van der Waals surface area contributed by atoms with Crippen molar-refractivity contribution in [1.29, 1.82) is 0 Å². The number of unbranched alkanes of at least 4 members (excludes halogenated alkanes) is 1. The lowest BCUT2D eigenvalue weighted by molar-refractivity contribution is 0.0930. The van der Waals surface area contributed by atoms with Crippen LogP contribution in [0.3, 0.4) is 0 Å². The maximum absolute atomic E-state index is 12.2. The highest BCUT2D eigenvalue weighted by atomic mass is 16.2. The number of nitrogens with zero attached hydrogens (tertiary/aromatic N) is 3. The van der Waals surface area contributed by atoms with Crippen molar-refractivity contribution in [3.05, 3.63) is 41.7 Å². The number of nitrogens with one attached hydrogen (secondary N) is 1. The summed E-state index contributed by atoms with van der Waals surface area (Å²) >= 11 is 0. The summed E-state index contributed by atoms with van der Waals surface area (Å²) in [6, 6.07) is 7.85. The number of hydrogen-bond acceptors (Lipinski definition) is 4. The van der Waals surface area contributed by atoms with Gasteiger partial charge < -0.3 is 11.1 Å². The molecule has 0 aliphatic carbocycles. The molecule has 6 nitrogen and oxygen atoms in total. The van der Waals surface area contributed by atoms with Crippen LogP contribution in [-0.2, 0) is 0 Å². The second kappa shape index (κ2) is 7.70. The summed E-state index contributed by atoms with van der Waals surface area (Å²) < 4.78 is 1.60. The number of rotatable bonds is 7. The fourth-order valence-electron chi connectivity index (χ4n) is 2.22. The Balaban J connectivity index is 2.05. The summed E-state index contributed by atoms with van der Waals surface area (Å²) in [5.74, 6) is -0.231. The largest absolute Gasteiger partial charge is 0.347 e. The Morgan fingerprint density at radius 3 is 2.95 bits per heavy atom. The average Bonchev–Trinajstić information content (AvgIpc) is 3.01. The molecule has 0 saturated heterocycles. The van der Waals surface area contributed by atoms with E-state index in [2.05, 4.69) is 22.6 Å². The zero-order valence-electron chi connectivity index (χ0n) is 13.1. The van der Waals surface area contributed by atoms with Gasteiger partial charge in [-0.15, -0.1) is 5.10 Å². The van der Waals surface area contributed by atoms with Gasteiger partial charge in [0, 0.05) is 12.6 Å². The number of nitrogens with two attached hydrogens (primary N) is 1. The van der Waals surface area contributed by atoms with E-state index in [9.17, 15) is 4.79 Å². The number of aryl methyl sites for hydroxylation is 1. The fraction of sp³-hybridized carbons (Fsp3) is 0.438. The van der Waals surface area contributed by atoms with Crippen molar-refractivity contribution in [1.82, 2.24) is 20.3 Å². The summed E-state index contributed by atoms with van der Waals surface area (Å²) in [7, 11) is 0. The fourth-order valence-corrected chi connectivity index (χ4v) is 2.22. The van der Waals surface area contributed by atoms with E-state index >= 15 is 0 Å². The maximum atomic E-state index is 12.2. The van der Waals surface area contributed by atoms with Crippen LogP contribution in [0.25, 0.3) is 5.69 Å². The highest BCUT2D eigenvalue weighted by Gasteiger charge is 2.15. The maximum Gasteiger partial charge on any atom is 0.273 e. The van der Waals surface area contributed by atoms with Crippen LogP contribution in [0.15, 0.2) is 30.5 Å². The van der Waals surface area contributed by atoms with Gasteiger partial charge in [-0.3, -0.25) is 4.79 Å². The molecule has 0 aliphatic rings. The molecule has 0 spiro atoms. The molecule has 0 radical (unpaired) electrons. The van der Waals surface area contributed by atoms with Gasteiger partial charge in [0.05, 0.1) is 11.9 Å². The summed E-state index contributed by atoms with van der Waals surface area (Å²) in [4.78, 5) is 12.2. The van der Waals surface area contributed by atoms with Crippen LogP contribution in [0.2, 0.25) is 0 Å². The van der Waals surface area contributed by atoms with Crippen LogP contribution in [0, 0.1) is 6.92 Å². The normalized spacial score (nSPS) is 12.1. The van der Waals surface area contributed by atoms with Crippen LogP contribution < -0.4 is 11.1 Å². The SMILES string of the molecule is CCCCC(CN)NC(=O)c1cn(-c2cccc(C)c2)nn1. The first-order valence-corrected chi connectivity index (χ1v) is 7.64. The summed E-state index contributed by atoms with van der Waals surface area (Å²) in [5, 5.41) is 10.9. The van der Waals surface area contributed by atoms with Gasteiger partial charge in [0.25, 0.3) is 5.91 Å². The van der Waals surface area contributed by atoms with Gasteiger partial charge in [-0.05, 0) is 31.0 Å². The zero-order valence-corrected chi connectivity index (χ0v) is 13.1. The van der Waals surface area contributed by atoms with Crippen molar-refractivity contribution < 1.29 is 4.79 Å². The molecular formula is C16H23N5O. The van der Waals surface area contributed by atoms with Crippen molar-refractivity contribution >= 4 is 5.91 Å². The number of benzene rings is 1. The van der Waals surface area contributed by atoms with Crippen LogP contribution >= 0.6 is 0 Å². The topological polar surface area (TPSA) is 85.8 Å². The standard InChI is InChI=1S/C16H23N5O/c1-3-4-7-13(10-17)18-16(22)15-11-21(20-19-15)14-8-5-6-12(2)9-14/h5-6,8-9,11,13H,3-4,7,10,17H2,1-2H3,(H,18,22). The Labute approximate surface area is 130 Å². The molecule has 1 heterocycles. The summed E-state index contributed by atoms with van der Waals surface area (Å²) in [6.07, 6.45) is 4.64. The van der Waals surface area contributed by atoms with Crippen LogP contribution in [0.4, 0.5) is 0 Å². The Morgan fingerprint density at radius 2 is 2.27 bits per heavy atom. The van der Waals surface area contributed by atoms with Gasteiger partial charge in [0.2, 0.25) is 0 Å². The molecule has 0 fully saturated rings. The van der Waals surface area contributed by atoms with Gasteiger partial charge in [-0.2, -0.15) is 0 Å². The monoisotopic (exact) mass is 301 g/mol. The van der Waals surface area contributed by atoms with E-state index in [0.29, 0.717) is 12.2 Å². The lowest BCUT2D eigenvalue weighted by atomic mass is 10.1. The molecule has 1 aromatic heterocycles. The average molecular weight is 301 g/mol. The third-order valence-corrected chi connectivity index (χ3v) is 3.52. The van der Waals surface area contributed by atoms with E-state index < -0.39 is 0 Å². The van der Waals surface area contributed by atoms with Gasteiger partial charge in [-0.25, -0.2) is 4.68 Å². The second-order valence-corrected chi connectivity index (χ2v) is 5.44. The number of aromatic nitrogens is 3. The molecule has 1 amide bonds. The molecule has 0 aliphatic heterocycles. The van der Waals surface area contributed by atoms with Crippen molar-refractivity contribution in [3.8, 4) is 5.69 Å². The molecule has 3 N–H and O–H groups in total. The first kappa shape index (κ1) is 16.2. The molecule has 118 valence electrons. The smallest absolute Gasteiger partial charge is 0.273 e. The van der Waals surface area contributed by atoms with Gasteiger partial charge >= 0.3 is 0 Å². The molecule has 22 heavy (non-hydrogen) atoms. The van der Waals surface area contributed by atoms with E-state index in [1.807, 2.05) is 31.2 Å². The van der Waals surface area contributed by atoms with Crippen molar-refractivity contribution in [2.24, 2.45) is 5.73 Å². The minimum atomic E-state index is -0.231. The summed E-state index contributed by atoms with van der Waals surface area (Å²) in [5.41, 5.74) is 8.01. The third-order valence-electron chi connectivity index (χ3n) is 3.52. The second-order valence-electron chi connectivity index (χ2n) is 5.44. The molecule has 0 bridgehead atoms. The van der Waals surface area contributed by atoms with E-state index in [-0.39, 0.29) is 11.9 Å². The Kier molecular flexibility index (Phi) is 5.66. The lowest BCUT2D eigenvalue weighted by Crippen LogP contribution is -2.40. The first-order valence-electron chi connectivity index (χ1n) is 7.64. The number of amides is 1. The molecule has 2 aromatic rings. The molecule has 2 rings (SSSR count). The highest BCUT2D eigenvalue weighted by Crippen LogP contribution is 2.09. The van der Waals surface area contributed by atoms with E-state index in [0.717, 1.165) is 30.5 Å². The van der Waals surface area contributed by atoms with Crippen LogP contribution in [0.5, 0.6) is 0 Å². The third kappa shape index (κ3) is 4.14. The van der Waals surface area contributed by atoms with Gasteiger partial charge in [0.15, 0.2) is 5.69 Å². The molecule has 6 heteroatoms. The van der Waals surface area contributed by atoms with Crippen LogP contribution in [-0.4, -0.2) is 33.5 Å². The Bertz CT molecular complexity index is 623. The minimum absolute atomic E-state index is 0.0171. The van der Waals surface area contributed by atoms with Crippen molar-refractivity contribution in [3.63, 3.8) is 0 Å². The number of hydrogen-bond donors (Lipinski definition) is 2. The number of carbonyl (C=O) groups excluding carboxylic acids is 1. The van der Waals surface area contributed by atoms with E-state index in [4.69, 9.17) is 5.73 Å². The van der Waals surface area contributed by atoms with Gasteiger partial charge in [-0.1, -0.05) is 37.1 Å². The Morgan fingerprint density at radius 1 is 1.45 bits per heavy atom. The first-order chi connectivity index (χ1) is 10.6.